The predicted octanol–water partition coefficient (Wildman–Crippen LogP) is 4.66. The maximum absolute atomic E-state index is 4.45. The molecular formula is C27H26BIrN4. The standard InChI is InChI=1S/C17H16BN2.C10H10N2.Ir/c1-14-8-7-9-15(2)17(14)18-11-4-6-13-20(18)16-10-3-5-12-19-16;1-11-7-8-12(9-11)10-5-3-2-4-6-10;/h3-12H,1-2H3;2-5,7-9H,1H3;/q-1;-2;+3. The van der Waals surface area contributed by atoms with Gasteiger partial charge in [0.1, 0.15) is 0 Å². The number of pyridine rings is 1. The zero-order chi connectivity index (χ0) is 22.3. The molecule has 0 fully saturated rings. The number of allylic oxidation sites excluding steroid dienone is 2. The Kier molecular flexibility index (Phi) is 8.70. The van der Waals surface area contributed by atoms with E-state index in [4.69, 9.17) is 0 Å². The van der Waals surface area contributed by atoms with Crippen molar-refractivity contribution in [2.75, 3.05) is 16.8 Å². The van der Waals surface area contributed by atoms with Crippen LogP contribution in [0.5, 0.6) is 0 Å². The number of aromatic nitrogens is 1. The van der Waals surface area contributed by atoms with Gasteiger partial charge in [-0.1, -0.05) is 41.5 Å². The van der Waals surface area contributed by atoms with E-state index in [-0.39, 0.29) is 27.0 Å². The molecule has 0 unspecified atom stereocenters. The second kappa shape index (κ2) is 11.7. The third kappa shape index (κ3) is 6.04. The summed E-state index contributed by atoms with van der Waals surface area (Å²) in [6.45, 7) is 6.47. The van der Waals surface area contributed by atoms with Crippen LogP contribution in [0.15, 0.2) is 97.4 Å². The van der Waals surface area contributed by atoms with Crippen LogP contribution in [0.3, 0.4) is 0 Å². The van der Waals surface area contributed by atoms with E-state index in [1.807, 2.05) is 90.7 Å². The van der Waals surface area contributed by atoms with Crippen LogP contribution in [0.2, 0.25) is 0 Å². The van der Waals surface area contributed by atoms with Gasteiger partial charge in [-0.25, -0.2) is 0 Å². The third-order valence-electron chi connectivity index (χ3n) is 5.36. The van der Waals surface area contributed by atoms with Crippen LogP contribution in [0.4, 0.5) is 11.5 Å². The first-order chi connectivity index (χ1) is 15.6. The van der Waals surface area contributed by atoms with Crippen LogP contribution < -0.4 is 15.2 Å². The summed E-state index contributed by atoms with van der Waals surface area (Å²) in [4.78, 5) is 10.6. The molecule has 0 spiro atoms. The maximum atomic E-state index is 4.45. The summed E-state index contributed by atoms with van der Waals surface area (Å²) in [6.07, 6.45) is 13.1. The minimum absolute atomic E-state index is 0. The second-order valence-corrected chi connectivity index (χ2v) is 7.72. The number of rotatable bonds is 3. The Morgan fingerprint density at radius 2 is 1.73 bits per heavy atom. The number of anilines is 2. The minimum atomic E-state index is 0. The van der Waals surface area contributed by atoms with Crippen molar-refractivity contribution in [3.63, 3.8) is 0 Å². The summed E-state index contributed by atoms with van der Waals surface area (Å²) in [6, 6.07) is 23.4. The molecule has 0 radical (unpaired) electrons. The fourth-order valence-electron chi connectivity index (χ4n) is 3.81. The fourth-order valence-corrected chi connectivity index (χ4v) is 3.81. The third-order valence-corrected chi connectivity index (χ3v) is 5.36. The van der Waals surface area contributed by atoms with Crippen molar-refractivity contribution in [2.24, 2.45) is 0 Å². The largest absolute Gasteiger partial charge is 3.00 e. The SMILES string of the molecule is CN1C=CN(c2[c-]cccc2)[CH-]1.Cc1cccc(C)c1B1C=CC=[C-]N1c1ccccn1.[Ir+3]. The first-order valence-corrected chi connectivity index (χ1v) is 10.7. The van der Waals surface area contributed by atoms with Gasteiger partial charge in [0, 0.05) is 12.0 Å². The van der Waals surface area contributed by atoms with Gasteiger partial charge in [0.05, 0.1) is 0 Å². The van der Waals surface area contributed by atoms with Crippen molar-refractivity contribution in [2.45, 2.75) is 13.8 Å². The first-order valence-electron chi connectivity index (χ1n) is 10.7. The molecule has 0 N–H and O–H groups in total. The molecule has 4 nitrogen and oxygen atoms in total. The van der Waals surface area contributed by atoms with Gasteiger partial charge in [-0.3, -0.25) is 0 Å². The van der Waals surface area contributed by atoms with Crippen LogP contribution in [-0.4, -0.2) is 23.8 Å². The molecule has 0 atom stereocenters. The van der Waals surface area contributed by atoms with Gasteiger partial charge in [-0.2, -0.15) is 49.2 Å². The van der Waals surface area contributed by atoms with Gasteiger partial charge in [0.2, 0.25) is 0 Å². The van der Waals surface area contributed by atoms with Crippen molar-refractivity contribution in [3.05, 3.63) is 127 Å². The molecule has 0 aliphatic carbocycles. The number of benzene rings is 2. The summed E-state index contributed by atoms with van der Waals surface area (Å²) < 4.78 is 0. The molecule has 0 amide bonds. The Hall–Kier alpha value is -3.08. The van der Waals surface area contributed by atoms with Gasteiger partial charge in [0.15, 0.2) is 0 Å². The van der Waals surface area contributed by atoms with Crippen molar-refractivity contribution in [1.82, 2.24) is 9.88 Å². The molecule has 0 saturated carbocycles. The van der Waals surface area contributed by atoms with E-state index in [0.717, 1.165) is 11.5 Å². The summed E-state index contributed by atoms with van der Waals surface area (Å²) in [5.41, 5.74) is 4.99. The first kappa shape index (κ1) is 24.6. The molecule has 2 aromatic carbocycles. The Morgan fingerprint density at radius 3 is 2.36 bits per heavy atom. The van der Waals surface area contributed by atoms with Gasteiger partial charge in [-0.15, -0.1) is 17.9 Å². The molecule has 2 aliphatic rings. The quantitative estimate of drug-likeness (QED) is 0.319. The van der Waals surface area contributed by atoms with E-state index in [9.17, 15) is 0 Å². The Balaban J connectivity index is 0.000000202. The van der Waals surface area contributed by atoms with Crippen LogP contribution in [-0.2, 0) is 20.1 Å². The molecule has 1 aromatic heterocycles. The Morgan fingerprint density at radius 1 is 0.939 bits per heavy atom. The van der Waals surface area contributed by atoms with Gasteiger partial charge >= 0.3 is 20.1 Å². The average molecular weight is 610 g/mol. The summed E-state index contributed by atoms with van der Waals surface area (Å²) in [5, 5.41) is 0. The van der Waals surface area contributed by atoms with Crippen LogP contribution in [0.1, 0.15) is 11.1 Å². The zero-order valence-corrected chi connectivity index (χ0v) is 21.4. The summed E-state index contributed by atoms with van der Waals surface area (Å²) >= 11 is 0. The number of hydrogen-bond donors (Lipinski definition) is 0. The van der Waals surface area contributed by atoms with E-state index in [2.05, 4.69) is 66.2 Å². The topological polar surface area (TPSA) is 22.6 Å². The fraction of sp³-hybridized carbons (Fsp3) is 0.111. The molecule has 3 heterocycles. The molecule has 6 heteroatoms. The van der Waals surface area contributed by atoms with Crippen molar-refractivity contribution >= 4 is 23.8 Å². The molecule has 3 aromatic rings. The van der Waals surface area contributed by atoms with E-state index in [0.29, 0.717) is 0 Å². The van der Waals surface area contributed by atoms with Crippen molar-refractivity contribution in [1.29, 1.82) is 0 Å². The molecule has 166 valence electrons. The Labute approximate surface area is 211 Å². The zero-order valence-electron chi connectivity index (χ0n) is 19.0. The number of nitrogens with zero attached hydrogens (tertiary/aromatic N) is 4. The molecular weight excluding hydrogens is 583 g/mol. The number of aryl methyl sites for hydroxylation is 2. The minimum Gasteiger partial charge on any atom is -0.510 e. The summed E-state index contributed by atoms with van der Waals surface area (Å²) in [7, 11) is 2.00. The molecule has 0 bridgehead atoms. The normalized spacial score (nSPS) is 14.2. The molecule has 33 heavy (non-hydrogen) atoms. The van der Waals surface area contributed by atoms with Crippen molar-refractivity contribution < 1.29 is 20.1 Å². The average Bonchev–Trinajstić information content (AvgIpc) is 3.27. The number of para-hydroxylation sites is 1. The monoisotopic (exact) mass is 610 g/mol. The van der Waals surface area contributed by atoms with Gasteiger partial charge < -0.3 is 19.6 Å². The molecule has 2 aliphatic heterocycles. The summed E-state index contributed by atoms with van der Waals surface area (Å²) in [5.74, 6) is 3.11. The van der Waals surface area contributed by atoms with E-state index in [1.165, 1.54) is 16.6 Å². The van der Waals surface area contributed by atoms with Gasteiger partial charge in [0.25, 0.3) is 6.85 Å². The molecule has 0 saturated heterocycles. The van der Waals surface area contributed by atoms with E-state index < -0.39 is 0 Å². The van der Waals surface area contributed by atoms with Crippen LogP contribution in [0.25, 0.3) is 0 Å². The molecule has 5 rings (SSSR count). The Bertz CT molecular complexity index is 1100. The van der Waals surface area contributed by atoms with E-state index >= 15 is 0 Å². The van der Waals surface area contributed by atoms with Crippen molar-refractivity contribution in [3.8, 4) is 0 Å². The van der Waals surface area contributed by atoms with E-state index in [1.54, 1.807) is 0 Å². The maximum Gasteiger partial charge on any atom is 3.00 e. The van der Waals surface area contributed by atoms with Gasteiger partial charge in [-0.05, 0) is 44.8 Å². The van der Waals surface area contributed by atoms with Crippen LogP contribution in [0, 0.1) is 32.8 Å². The smallest absolute Gasteiger partial charge is 0.510 e. The van der Waals surface area contributed by atoms with Crippen LogP contribution >= 0.6 is 0 Å². The second-order valence-electron chi connectivity index (χ2n) is 7.72. The predicted molar refractivity (Wildman–Crippen MR) is 134 cm³/mol. The number of hydrogen-bond acceptors (Lipinski definition) is 4.